The lowest BCUT2D eigenvalue weighted by Crippen LogP contribution is -2.33. The molecule has 0 bridgehead atoms. The van der Waals surface area contributed by atoms with Crippen LogP contribution in [0.15, 0.2) is 12.4 Å². The van der Waals surface area contributed by atoms with Gasteiger partial charge in [0, 0.05) is 17.8 Å². The van der Waals surface area contributed by atoms with Gasteiger partial charge in [0.25, 0.3) is 5.91 Å². The lowest BCUT2D eigenvalue weighted by atomic mass is 10.2. The molecular formula is C14H22N4OS. The first-order valence-corrected chi connectivity index (χ1v) is 8.41. The zero-order valence-electron chi connectivity index (χ0n) is 12.1. The number of carbonyl (C=O) groups is 1. The van der Waals surface area contributed by atoms with Crippen molar-refractivity contribution in [3.63, 3.8) is 0 Å². The van der Waals surface area contributed by atoms with Crippen LogP contribution in [-0.4, -0.2) is 40.0 Å². The average molecular weight is 294 g/mol. The highest BCUT2D eigenvalue weighted by molar-refractivity contribution is 7.99. The van der Waals surface area contributed by atoms with Crippen molar-refractivity contribution < 1.29 is 4.79 Å². The molecule has 1 amide bonds. The zero-order valence-corrected chi connectivity index (χ0v) is 12.9. The minimum atomic E-state index is -0.119. The quantitative estimate of drug-likeness (QED) is 0.843. The van der Waals surface area contributed by atoms with Gasteiger partial charge in [0.05, 0.1) is 12.4 Å². The summed E-state index contributed by atoms with van der Waals surface area (Å²) >= 11 is 1.88. The Morgan fingerprint density at radius 3 is 2.85 bits per heavy atom. The van der Waals surface area contributed by atoms with Crippen LogP contribution in [-0.2, 0) is 0 Å². The minimum absolute atomic E-state index is 0.119. The molecule has 1 aromatic heterocycles. The standard InChI is InChI=1S/C14H22N4OS/c1-3-6-15-13-9-16-12(8-17-13)14(19)18-10-4-5-11(7-10)20-2/h8-11H,3-7H2,1-2H3,(H,15,17)(H,18,19). The lowest BCUT2D eigenvalue weighted by Gasteiger charge is -2.12. The molecule has 20 heavy (non-hydrogen) atoms. The minimum Gasteiger partial charge on any atom is -0.369 e. The third-order valence-corrected chi connectivity index (χ3v) is 4.59. The van der Waals surface area contributed by atoms with E-state index >= 15 is 0 Å². The van der Waals surface area contributed by atoms with E-state index in [-0.39, 0.29) is 11.9 Å². The van der Waals surface area contributed by atoms with Crippen LogP contribution in [0.4, 0.5) is 5.82 Å². The lowest BCUT2D eigenvalue weighted by molar-refractivity contribution is 0.0932. The van der Waals surface area contributed by atoms with E-state index in [1.807, 2.05) is 11.8 Å². The third kappa shape index (κ3) is 4.10. The van der Waals surface area contributed by atoms with Crippen molar-refractivity contribution in [2.75, 3.05) is 18.1 Å². The number of hydrogen-bond donors (Lipinski definition) is 2. The van der Waals surface area contributed by atoms with Crippen LogP contribution in [0.3, 0.4) is 0 Å². The van der Waals surface area contributed by atoms with E-state index in [0.29, 0.717) is 16.8 Å². The zero-order chi connectivity index (χ0) is 14.4. The Bertz CT molecular complexity index is 437. The van der Waals surface area contributed by atoms with Gasteiger partial charge < -0.3 is 10.6 Å². The molecule has 1 aromatic rings. The summed E-state index contributed by atoms with van der Waals surface area (Å²) < 4.78 is 0. The second-order valence-electron chi connectivity index (χ2n) is 5.05. The van der Waals surface area contributed by atoms with Crippen LogP contribution in [0, 0.1) is 0 Å². The number of anilines is 1. The molecule has 0 radical (unpaired) electrons. The maximum atomic E-state index is 12.1. The number of rotatable bonds is 6. The normalized spacial score (nSPS) is 21.7. The van der Waals surface area contributed by atoms with Gasteiger partial charge in [0.1, 0.15) is 11.5 Å². The fraction of sp³-hybridized carbons (Fsp3) is 0.643. The molecule has 5 nitrogen and oxygen atoms in total. The topological polar surface area (TPSA) is 66.9 Å². The van der Waals surface area contributed by atoms with Gasteiger partial charge in [-0.3, -0.25) is 4.79 Å². The molecule has 0 aromatic carbocycles. The molecule has 1 aliphatic rings. The predicted molar refractivity (Wildman–Crippen MR) is 83.2 cm³/mol. The molecule has 0 spiro atoms. The van der Waals surface area contributed by atoms with E-state index in [0.717, 1.165) is 25.8 Å². The number of thioether (sulfide) groups is 1. The smallest absolute Gasteiger partial charge is 0.271 e. The van der Waals surface area contributed by atoms with Crippen LogP contribution >= 0.6 is 11.8 Å². The predicted octanol–water partition coefficient (Wildman–Crippen LogP) is 2.31. The maximum Gasteiger partial charge on any atom is 0.271 e. The highest BCUT2D eigenvalue weighted by Crippen LogP contribution is 2.28. The molecular weight excluding hydrogens is 272 g/mol. The second-order valence-corrected chi connectivity index (χ2v) is 6.19. The molecule has 1 saturated carbocycles. The Morgan fingerprint density at radius 2 is 2.25 bits per heavy atom. The Hall–Kier alpha value is -1.30. The van der Waals surface area contributed by atoms with Crippen molar-refractivity contribution >= 4 is 23.5 Å². The summed E-state index contributed by atoms with van der Waals surface area (Å²) in [5, 5.41) is 6.86. The Balaban J connectivity index is 1.86. The average Bonchev–Trinajstić information content (AvgIpc) is 2.93. The number of amides is 1. The molecule has 2 atom stereocenters. The van der Waals surface area contributed by atoms with Crippen molar-refractivity contribution in [1.82, 2.24) is 15.3 Å². The fourth-order valence-electron chi connectivity index (χ4n) is 2.33. The molecule has 2 rings (SSSR count). The van der Waals surface area contributed by atoms with Crippen LogP contribution in [0.2, 0.25) is 0 Å². The monoisotopic (exact) mass is 294 g/mol. The first kappa shape index (κ1) is 15.1. The van der Waals surface area contributed by atoms with E-state index in [1.54, 1.807) is 6.20 Å². The van der Waals surface area contributed by atoms with E-state index < -0.39 is 0 Å². The van der Waals surface area contributed by atoms with Crippen LogP contribution in [0.25, 0.3) is 0 Å². The number of nitrogens with one attached hydrogen (secondary N) is 2. The first-order valence-electron chi connectivity index (χ1n) is 7.12. The van der Waals surface area contributed by atoms with Crippen molar-refractivity contribution in [2.24, 2.45) is 0 Å². The van der Waals surface area contributed by atoms with Gasteiger partial charge in [0.15, 0.2) is 0 Å². The van der Waals surface area contributed by atoms with Crippen molar-refractivity contribution in [3.05, 3.63) is 18.1 Å². The van der Waals surface area contributed by atoms with E-state index in [2.05, 4.69) is 33.8 Å². The van der Waals surface area contributed by atoms with Crippen LogP contribution in [0.1, 0.15) is 43.1 Å². The maximum absolute atomic E-state index is 12.1. The molecule has 0 aliphatic heterocycles. The summed E-state index contributed by atoms with van der Waals surface area (Å²) in [6.07, 6.45) is 9.60. The second kappa shape index (κ2) is 7.47. The Labute approximate surface area is 124 Å². The summed E-state index contributed by atoms with van der Waals surface area (Å²) in [5.74, 6) is 0.595. The summed E-state index contributed by atoms with van der Waals surface area (Å²) in [6, 6.07) is 0.277. The van der Waals surface area contributed by atoms with Gasteiger partial charge in [-0.1, -0.05) is 6.92 Å². The van der Waals surface area contributed by atoms with Gasteiger partial charge in [-0.25, -0.2) is 9.97 Å². The van der Waals surface area contributed by atoms with Gasteiger partial charge in [0.2, 0.25) is 0 Å². The molecule has 6 heteroatoms. The molecule has 1 fully saturated rings. The highest BCUT2D eigenvalue weighted by atomic mass is 32.2. The van der Waals surface area contributed by atoms with Gasteiger partial charge in [-0.05, 0) is 31.9 Å². The molecule has 1 aliphatic carbocycles. The Kier molecular flexibility index (Phi) is 5.64. The van der Waals surface area contributed by atoms with Crippen LogP contribution < -0.4 is 10.6 Å². The fourth-order valence-corrected chi connectivity index (χ4v) is 3.13. The van der Waals surface area contributed by atoms with Gasteiger partial charge >= 0.3 is 0 Å². The molecule has 110 valence electrons. The summed E-state index contributed by atoms with van der Waals surface area (Å²) in [5.41, 5.74) is 0.389. The van der Waals surface area contributed by atoms with Crippen molar-refractivity contribution in [1.29, 1.82) is 0 Å². The summed E-state index contributed by atoms with van der Waals surface area (Å²) in [6.45, 7) is 2.95. The molecule has 2 unspecified atom stereocenters. The van der Waals surface area contributed by atoms with Gasteiger partial charge in [-0.15, -0.1) is 0 Å². The van der Waals surface area contributed by atoms with Gasteiger partial charge in [-0.2, -0.15) is 11.8 Å². The van der Waals surface area contributed by atoms with Crippen LogP contribution in [0.5, 0.6) is 0 Å². The SMILES string of the molecule is CCCNc1cnc(C(=O)NC2CCC(SC)C2)cn1. The molecule has 0 saturated heterocycles. The number of aromatic nitrogens is 2. The third-order valence-electron chi connectivity index (χ3n) is 3.49. The number of nitrogens with zero attached hydrogens (tertiary/aromatic N) is 2. The van der Waals surface area contributed by atoms with Crippen molar-refractivity contribution in [2.45, 2.75) is 43.9 Å². The molecule has 1 heterocycles. The summed E-state index contributed by atoms with van der Waals surface area (Å²) in [4.78, 5) is 20.5. The largest absolute Gasteiger partial charge is 0.369 e. The summed E-state index contributed by atoms with van der Waals surface area (Å²) in [7, 11) is 0. The highest BCUT2D eigenvalue weighted by Gasteiger charge is 2.25. The number of carbonyl (C=O) groups excluding carboxylic acids is 1. The van der Waals surface area contributed by atoms with E-state index in [9.17, 15) is 4.79 Å². The Morgan fingerprint density at radius 1 is 1.40 bits per heavy atom. The van der Waals surface area contributed by atoms with Crippen molar-refractivity contribution in [3.8, 4) is 0 Å². The van der Waals surface area contributed by atoms with E-state index in [4.69, 9.17) is 0 Å². The number of hydrogen-bond acceptors (Lipinski definition) is 5. The van der Waals surface area contributed by atoms with E-state index in [1.165, 1.54) is 12.6 Å². The first-order chi connectivity index (χ1) is 9.72. The molecule has 2 N–H and O–H groups in total.